The molecule has 124 valence electrons. The Morgan fingerprint density at radius 2 is 2.05 bits per heavy atom. The van der Waals surface area contributed by atoms with Crippen LogP contribution < -0.4 is 0 Å². The molecule has 7 heteroatoms. The van der Waals surface area contributed by atoms with Crippen LogP contribution in [0, 0.1) is 13.8 Å². The van der Waals surface area contributed by atoms with Gasteiger partial charge in [0.2, 0.25) is 0 Å². The van der Waals surface area contributed by atoms with E-state index in [2.05, 4.69) is 21.0 Å². The molecule has 1 aromatic rings. The second kappa shape index (κ2) is 6.18. The fourth-order valence-corrected chi connectivity index (χ4v) is 2.89. The summed E-state index contributed by atoms with van der Waals surface area (Å²) >= 11 is 3.46. The molecule has 2 heterocycles. The van der Waals surface area contributed by atoms with Crippen molar-refractivity contribution in [1.82, 2.24) is 14.7 Å². The fourth-order valence-electron chi connectivity index (χ4n) is 2.63. The van der Waals surface area contributed by atoms with Crippen LogP contribution in [0.4, 0.5) is 9.18 Å². The number of hydrogen-bond donors (Lipinski definition) is 0. The zero-order chi connectivity index (χ0) is 16.7. The summed E-state index contributed by atoms with van der Waals surface area (Å²) in [5, 5.41) is 4.41. The van der Waals surface area contributed by atoms with Crippen molar-refractivity contribution in [2.24, 2.45) is 0 Å². The summed E-state index contributed by atoms with van der Waals surface area (Å²) in [6, 6.07) is -0.344. The number of hydrogen-bond acceptors (Lipinski definition) is 3. The molecule has 0 aliphatic carbocycles. The second-order valence-electron chi connectivity index (χ2n) is 6.73. The van der Waals surface area contributed by atoms with Gasteiger partial charge in [0.1, 0.15) is 11.8 Å². The van der Waals surface area contributed by atoms with E-state index in [0.717, 1.165) is 15.9 Å². The van der Waals surface area contributed by atoms with Crippen molar-refractivity contribution in [2.75, 3.05) is 13.1 Å². The Morgan fingerprint density at radius 1 is 1.41 bits per heavy atom. The number of aryl methyl sites for hydroxylation is 1. The van der Waals surface area contributed by atoms with Crippen LogP contribution in [0.1, 0.15) is 44.6 Å². The van der Waals surface area contributed by atoms with Crippen LogP contribution in [0.2, 0.25) is 0 Å². The smallest absolute Gasteiger partial charge is 0.410 e. The lowest BCUT2D eigenvalue weighted by Crippen LogP contribution is -2.47. The van der Waals surface area contributed by atoms with Crippen LogP contribution in [0.5, 0.6) is 0 Å². The maximum Gasteiger partial charge on any atom is 0.410 e. The molecule has 0 aromatic carbocycles. The van der Waals surface area contributed by atoms with E-state index in [1.165, 1.54) is 4.90 Å². The number of halogens is 2. The Hall–Kier alpha value is -1.11. The number of piperidine rings is 1. The molecule has 1 amide bonds. The van der Waals surface area contributed by atoms with Gasteiger partial charge >= 0.3 is 6.09 Å². The summed E-state index contributed by atoms with van der Waals surface area (Å²) in [6.07, 6.45) is -1.09. The van der Waals surface area contributed by atoms with Crippen molar-refractivity contribution in [3.05, 3.63) is 15.9 Å². The highest BCUT2D eigenvalue weighted by Crippen LogP contribution is 2.30. The molecule has 0 bridgehead atoms. The summed E-state index contributed by atoms with van der Waals surface area (Å²) in [7, 11) is 0. The number of rotatable bonds is 1. The van der Waals surface area contributed by atoms with Crippen LogP contribution in [-0.2, 0) is 4.74 Å². The maximum atomic E-state index is 14.6. The van der Waals surface area contributed by atoms with E-state index in [-0.39, 0.29) is 12.6 Å². The van der Waals surface area contributed by atoms with Gasteiger partial charge in [0, 0.05) is 6.54 Å². The van der Waals surface area contributed by atoms with Crippen molar-refractivity contribution < 1.29 is 13.9 Å². The highest BCUT2D eigenvalue weighted by Gasteiger charge is 2.36. The van der Waals surface area contributed by atoms with E-state index < -0.39 is 17.9 Å². The summed E-state index contributed by atoms with van der Waals surface area (Å²) < 4.78 is 22.5. The van der Waals surface area contributed by atoms with Crippen molar-refractivity contribution in [2.45, 2.75) is 58.9 Å². The average Bonchev–Trinajstić information content (AvgIpc) is 2.64. The second-order valence-corrected chi connectivity index (χ2v) is 7.52. The number of carbonyl (C=O) groups is 1. The Morgan fingerprint density at radius 3 is 2.50 bits per heavy atom. The first kappa shape index (κ1) is 17.2. The third kappa shape index (κ3) is 3.62. The zero-order valence-corrected chi connectivity index (χ0v) is 15.3. The lowest BCUT2D eigenvalue weighted by molar-refractivity contribution is 0.00558. The molecule has 1 aromatic heterocycles. The monoisotopic (exact) mass is 375 g/mol. The van der Waals surface area contributed by atoms with Gasteiger partial charge in [-0.05, 0) is 57.0 Å². The number of carbonyl (C=O) groups excluding carboxylic acids is 1. The molecule has 2 atom stereocenters. The molecular formula is C15H23BrFN3O2. The number of ether oxygens (including phenoxy) is 1. The third-order valence-electron chi connectivity index (χ3n) is 3.71. The summed E-state index contributed by atoms with van der Waals surface area (Å²) in [5.74, 6) is 0. The predicted octanol–water partition coefficient (Wildman–Crippen LogP) is 3.78. The van der Waals surface area contributed by atoms with Gasteiger partial charge in [0.25, 0.3) is 0 Å². The fraction of sp³-hybridized carbons (Fsp3) is 0.733. The molecule has 0 radical (unpaired) electrons. The maximum absolute atomic E-state index is 14.6. The molecule has 0 unspecified atom stereocenters. The van der Waals surface area contributed by atoms with E-state index in [1.54, 1.807) is 25.5 Å². The van der Waals surface area contributed by atoms with Crippen LogP contribution in [-0.4, -0.2) is 45.6 Å². The quantitative estimate of drug-likeness (QED) is 0.750. The van der Waals surface area contributed by atoms with Gasteiger partial charge in [-0.2, -0.15) is 5.10 Å². The lowest BCUT2D eigenvalue weighted by atomic mass is 10.0. The molecule has 0 N–H and O–H groups in total. The first-order valence-corrected chi connectivity index (χ1v) is 8.22. The van der Waals surface area contributed by atoms with Crippen LogP contribution >= 0.6 is 15.9 Å². The van der Waals surface area contributed by atoms with Gasteiger partial charge in [0.05, 0.1) is 28.4 Å². The van der Waals surface area contributed by atoms with Gasteiger partial charge in [0.15, 0.2) is 0 Å². The minimum absolute atomic E-state index is 0.0372. The van der Waals surface area contributed by atoms with E-state index in [1.807, 2.05) is 13.8 Å². The molecule has 1 saturated heterocycles. The standard InChI is InChI=1S/C15H23BrFN3O2/c1-9-13(16)10(2)20(18-9)12-6-7-19(8-11(12)17)14(21)22-15(3,4)5/h11-12H,6-8H2,1-5H3/t11-,12+/m1/s1. The molecule has 1 aliphatic heterocycles. The van der Waals surface area contributed by atoms with E-state index in [0.29, 0.717) is 13.0 Å². The normalized spacial score (nSPS) is 22.8. The third-order valence-corrected chi connectivity index (χ3v) is 4.86. The van der Waals surface area contributed by atoms with Crippen molar-refractivity contribution >= 4 is 22.0 Å². The van der Waals surface area contributed by atoms with Crippen LogP contribution in [0.25, 0.3) is 0 Å². The predicted molar refractivity (Wildman–Crippen MR) is 85.8 cm³/mol. The Kier molecular flexibility index (Phi) is 4.84. The highest BCUT2D eigenvalue weighted by atomic mass is 79.9. The van der Waals surface area contributed by atoms with Crippen molar-refractivity contribution in [3.8, 4) is 0 Å². The molecule has 5 nitrogen and oxygen atoms in total. The Balaban J connectivity index is 2.07. The largest absolute Gasteiger partial charge is 0.444 e. The first-order chi connectivity index (χ1) is 10.1. The number of aromatic nitrogens is 2. The van der Waals surface area contributed by atoms with E-state index in [9.17, 15) is 9.18 Å². The van der Waals surface area contributed by atoms with E-state index in [4.69, 9.17) is 4.74 Å². The summed E-state index contributed by atoms with van der Waals surface area (Å²) in [4.78, 5) is 13.5. The van der Waals surface area contributed by atoms with Gasteiger partial charge in [-0.15, -0.1) is 0 Å². The number of likely N-dealkylation sites (tertiary alicyclic amines) is 1. The molecule has 0 saturated carbocycles. The highest BCUT2D eigenvalue weighted by molar-refractivity contribution is 9.10. The van der Waals surface area contributed by atoms with Crippen molar-refractivity contribution in [3.63, 3.8) is 0 Å². The topological polar surface area (TPSA) is 47.4 Å². The molecule has 1 aliphatic rings. The minimum Gasteiger partial charge on any atom is -0.444 e. The number of amides is 1. The zero-order valence-electron chi connectivity index (χ0n) is 13.7. The summed E-state index contributed by atoms with van der Waals surface area (Å²) in [6.45, 7) is 9.72. The van der Waals surface area contributed by atoms with Gasteiger partial charge in [-0.25, -0.2) is 9.18 Å². The SMILES string of the molecule is Cc1nn([C@H]2CCN(C(=O)OC(C)(C)C)C[C@H]2F)c(C)c1Br. The van der Waals surface area contributed by atoms with Gasteiger partial charge in [-0.1, -0.05) is 0 Å². The number of nitrogens with zero attached hydrogens (tertiary/aromatic N) is 3. The average molecular weight is 376 g/mol. The summed E-state index contributed by atoms with van der Waals surface area (Å²) in [5.41, 5.74) is 1.19. The van der Waals surface area contributed by atoms with Crippen LogP contribution in [0.15, 0.2) is 4.47 Å². The van der Waals surface area contributed by atoms with Gasteiger partial charge in [-0.3, -0.25) is 4.68 Å². The van der Waals surface area contributed by atoms with E-state index >= 15 is 0 Å². The Labute approximate surface area is 138 Å². The molecule has 1 fully saturated rings. The lowest BCUT2D eigenvalue weighted by Gasteiger charge is -2.36. The van der Waals surface area contributed by atoms with Crippen molar-refractivity contribution in [1.29, 1.82) is 0 Å². The first-order valence-electron chi connectivity index (χ1n) is 7.43. The molecule has 2 rings (SSSR count). The minimum atomic E-state index is -1.16. The van der Waals surface area contributed by atoms with Crippen LogP contribution in [0.3, 0.4) is 0 Å². The van der Waals surface area contributed by atoms with Gasteiger partial charge < -0.3 is 9.64 Å². The molecular weight excluding hydrogens is 353 g/mol. The molecule has 22 heavy (non-hydrogen) atoms. The number of alkyl halides is 1. The Bertz CT molecular complexity index is 568. The molecule has 0 spiro atoms.